The van der Waals surface area contributed by atoms with Crippen molar-refractivity contribution in [2.45, 2.75) is 45.1 Å². The predicted octanol–water partition coefficient (Wildman–Crippen LogP) is 4.97. The number of hydrogen-bond donors (Lipinski definition) is 1. The Morgan fingerprint density at radius 1 is 0.762 bits per heavy atom. The molecular weight excluding hydrogens is 254 g/mol. The second-order valence-electron chi connectivity index (χ2n) is 6.29. The van der Waals surface area contributed by atoms with Crippen molar-refractivity contribution in [3.8, 4) is 0 Å². The van der Waals surface area contributed by atoms with Gasteiger partial charge in [-0.2, -0.15) is 0 Å². The fraction of sp³-hybridized carbons (Fsp3) is 0.400. The lowest BCUT2D eigenvalue weighted by Crippen LogP contribution is -2.29. The fourth-order valence-corrected chi connectivity index (χ4v) is 2.94. The van der Waals surface area contributed by atoms with E-state index in [4.69, 9.17) is 5.73 Å². The maximum absolute atomic E-state index is 6.57. The third kappa shape index (κ3) is 4.71. The summed E-state index contributed by atoms with van der Waals surface area (Å²) < 4.78 is 0. The average molecular weight is 281 g/mol. The molecule has 0 spiro atoms. The largest absolute Gasteiger partial charge is 0.327 e. The first-order valence-electron chi connectivity index (χ1n) is 8.04. The van der Waals surface area contributed by atoms with Crippen LogP contribution in [0.1, 0.15) is 50.2 Å². The second kappa shape index (κ2) is 7.99. The molecule has 112 valence electrons. The molecule has 0 heterocycles. The maximum atomic E-state index is 6.57. The van der Waals surface area contributed by atoms with Crippen molar-refractivity contribution in [1.82, 2.24) is 0 Å². The molecule has 0 saturated heterocycles. The van der Waals surface area contributed by atoms with E-state index in [1.165, 1.54) is 24.0 Å². The number of rotatable bonds is 7. The minimum absolute atomic E-state index is 0.175. The van der Waals surface area contributed by atoms with Crippen LogP contribution in [0.3, 0.4) is 0 Å². The molecule has 1 atom stereocenters. The molecule has 1 unspecified atom stereocenters. The summed E-state index contributed by atoms with van der Waals surface area (Å²) >= 11 is 0. The molecule has 0 aliphatic carbocycles. The molecule has 0 bridgehead atoms. The summed E-state index contributed by atoms with van der Waals surface area (Å²) in [5.74, 6) is 1.05. The first kappa shape index (κ1) is 15.8. The van der Waals surface area contributed by atoms with E-state index < -0.39 is 0 Å². The average Bonchev–Trinajstić information content (AvgIpc) is 2.49. The van der Waals surface area contributed by atoms with Crippen molar-refractivity contribution < 1.29 is 0 Å². The molecule has 0 amide bonds. The van der Waals surface area contributed by atoms with Crippen LogP contribution in [0.25, 0.3) is 0 Å². The van der Waals surface area contributed by atoms with Crippen LogP contribution in [-0.4, -0.2) is 6.04 Å². The lowest BCUT2D eigenvalue weighted by atomic mass is 9.83. The highest BCUT2D eigenvalue weighted by atomic mass is 14.6. The molecule has 0 radical (unpaired) electrons. The quantitative estimate of drug-likeness (QED) is 0.761. The first-order valence-corrected chi connectivity index (χ1v) is 8.04. The van der Waals surface area contributed by atoms with Crippen molar-refractivity contribution in [2.24, 2.45) is 11.7 Å². The summed E-state index contributed by atoms with van der Waals surface area (Å²) in [4.78, 5) is 0. The third-order valence-electron chi connectivity index (χ3n) is 4.06. The Labute approximate surface area is 129 Å². The molecule has 0 saturated carbocycles. The van der Waals surface area contributed by atoms with E-state index in [0.717, 1.165) is 12.3 Å². The minimum Gasteiger partial charge on any atom is -0.327 e. The molecule has 1 heteroatoms. The second-order valence-corrected chi connectivity index (χ2v) is 6.29. The van der Waals surface area contributed by atoms with E-state index in [9.17, 15) is 0 Å². The zero-order valence-electron chi connectivity index (χ0n) is 13.2. The fourth-order valence-electron chi connectivity index (χ4n) is 2.94. The molecule has 2 aromatic carbocycles. The molecular formula is C20H27N. The van der Waals surface area contributed by atoms with Gasteiger partial charge in [0.05, 0.1) is 0 Å². The summed E-state index contributed by atoms with van der Waals surface area (Å²) in [5.41, 5.74) is 9.21. The molecule has 0 aliphatic heterocycles. The Hall–Kier alpha value is -1.60. The van der Waals surface area contributed by atoms with Crippen molar-refractivity contribution in [1.29, 1.82) is 0 Å². The summed E-state index contributed by atoms with van der Waals surface area (Å²) in [6, 6.07) is 21.5. The van der Waals surface area contributed by atoms with Gasteiger partial charge >= 0.3 is 0 Å². The summed E-state index contributed by atoms with van der Waals surface area (Å²) in [6.45, 7) is 4.55. The molecule has 21 heavy (non-hydrogen) atoms. The first-order chi connectivity index (χ1) is 10.2. The Bertz CT molecular complexity index is 464. The third-order valence-corrected chi connectivity index (χ3v) is 4.06. The molecule has 0 aromatic heterocycles. The molecule has 1 nitrogen and oxygen atoms in total. The summed E-state index contributed by atoms with van der Waals surface area (Å²) in [5, 5.41) is 0. The van der Waals surface area contributed by atoms with Gasteiger partial charge in [0.15, 0.2) is 0 Å². The lowest BCUT2D eigenvalue weighted by Gasteiger charge is -2.25. The van der Waals surface area contributed by atoms with Gasteiger partial charge < -0.3 is 5.73 Å². The smallest absolute Gasteiger partial charge is 0.0241 e. The van der Waals surface area contributed by atoms with Crippen LogP contribution in [0.4, 0.5) is 0 Å². The van der Waals surface area contributed by atoms with Gasteiger partial charge in [-0.3, -0.25) is 0 Å². The van der Waals surface area contributed by atoms with E-state index in [2.05, 4.69) is 74.5 Å². The van der Waals surface area contributed by atoms with Gasteiger partial charge in [-0.05, 0) is 23.5 Å². The van der Waals surface area contributed by atoms with Crippen LogP contribution in [0, 0.1) is 5.92 Å². The van der Waals surface area contributed by atoms with E-state index in [1.807, 2.05) is 0 Å². The van der Waals surface area contributed by atoms with Gasteiger partial charge in [-0.15, -0.1) is 0 Å². The van der Waals surface area contributed by atoms with Crippen LogP contribution in [0.15, 0.2) is 60.7 Å². The Kier molecular flexibility index (Phi) is 6.01. The Morgan fingerprint density at radius 3 is 1.67 bits per heavy atom. The zero-order chi connectivity index (χ0) is 15.1. The molecule has 2 N–H and O–H groups in total. The molecule has 2 aromatic rings. The van der Waals surface area contributed by atoms with E-state index in [-0.39, 0.29) is 6.04 Å². The van der Waals surface area contributed by atoms with Gasteiger partial charge in [0.1, 0.15) is 0 Å². The van der Waals surface area contributed by atoms with Gasteiger partial charge in [-0.1, -0.05) is 87.4 Å². The number of hydrogen-bond acceptors (Lipinski definition) is 1. The van der Waals surface area contributed by atoms with Crippen molar-refractivity contribution >= 4 is 0 Å². The summed E-state index contributed by atoms with van der Waals surface area (Å²) in [7, 11) is 0. The molecule has 2 rings (SSSR count). The van der Waals surface area contributed by atoms with Crippen molar-refractivity contribution in [3.63, 3.8) is 0 Å². The monoisotopic (exact) mass is 281 g/mol. The van der Waals surface area contributed by atoms with Crippen LogP contribution >= 0.6 is 0 Å². The van der Waals surface area contributed by atoms with Crippen LogP contribution in [0.5, 0.6) is 0 Å². The van der Waals surface area contributed by atoms with Gasteiger partial charge in [0.25, 0.3) is 0 Å². The SMILES string of the molecule is CC(C)CCCC(N)C(c1ccccc1)c1ccccc1. The normalized spacial score (nSPS) is 12.8. The van der Waals surface area contributed by atoms with Crippen molar-refractivity contribution in [3.05, 3.63) is 71.8 Å². The van der Waals surface area contributed by atoms with E-state index in [1.54, 1.807) is 0 Å². The van der Waals surface area contributed by atoms with E-state index in [0.29, 0.717) is 5.92 Å². The number of benzene rings is 2. The van der Waals surface area contributed by atoms with E-state index >= 15 is 0 Å². The predicted molar refractivity (Wildman–Crippen MR) is 91.4 cm³/mol. The number of nitrogens with two attached hydrogens (primary N) is 1. The van der Waals surface area contributed by atoms with Gasteiger partial charge in [-0.25, -0.2) is 0 Å². The zero-order valence-corrected chi connectivity index (χ0v) is 13.2. The van der Waals surface area contributed by atoms with Crippen LogP contribution in [-0.2, 0) is 0 Å². The molecule has 0 aliphatic rings. The van der Waals surface area contributed by atoms with Crippen molar-refractivity contribution in [2.75, 3.05) is 0 Å². The maximum Gasteiger partial charge on any atom is 0.0241 e. The lowest BCUT2D eigenvalue weighted by molar-refractivity contribution is 0.474. The van der Waals surface area contributed by atoms with Gasteiger partial charge in [0.2, 0.25) is 0 Å². The Balaban J connectivity index is 2.16. The van der Waals surface area contributed by atoms with Crippen LogP contribution < -0.4 is 5.73 Å². The highest BCUT2D eigenvalue weighted by Gasteiger charge is 2.21. The van der Waals surface area contributed by atoms with Crippen LogP contribution in [0.2, 0.25) is 0 Å². The Morgan fingerprint density at radius 2 is 1.24 bits per heavy atom. The minimum atomic E-state index is 0.175. The topological polar surface area (TPSA) is 26.0 Å². The standard InChI is InChI=1S/C20H27N/c1-16(2)10-9-15-19(21)20(17-11-5-3-6-12-17)18-13-7-4-8-14-18/h3-8,11-14,16,19-20H,9-10,15,21H2,1-2H3. The van der Waals surface area contributed by atoms with Gasteiger partial charge in [0, 0.05) is 12.0 Å². The summed E-state index contributed by atoms with van der Waals surface area (Å²) in [6.07, 6.45) is 3.53. The highest BCUT2D eigenvalue weighted by molar-refractivity contribution is 5.34. The highest BCUT2D eigenvalue weighted by Crippen LogP contribution is 2.29. The molecule has 0 fully saturated rings.